The highest BCUT2D eigenvalue weighted by Gasteiger charge is 2.10. The first-order chi connectivity index (χ1) is 9.04. The molecular formula is C13H13FN4S. The van der Waals surface area contributed by atoms with E-state index in [9.17, 15) is 4.39 Å². The summed E-state index contributed by atoms with van der Waals surface area (Å²) in [5, 5.41) is 1.15. The first-order valence-corrected chi connectivity index (χ1v) is 6.65. The molecule has 0 atom stereocenters. The zero-order valence-electron chi connectivity index (χ0n) is 10.9. The SMILES string of the molecule is Cc1nc2nc(-c3ccc(N(C)C)s3)cn2cc1F. The van der Waals surface area contributed by atoms with Crippen molar-refractivity contribution in [3.05, 3.63) is 36.0 Å². The van der Waals surface area contributed by atoms with Crippen molar-refractivity contribution in [3.63, 3.8) is 0 Å². The van der Waals surface area contributed by atoms with Crippen molar-refractivity contribution in [1.29, 1.82) is 0 Å². The summed E-state index contributed by atoms with van der Waals surface area (Å²) in [5.41, 5.74) is 1.18. The summed E-state index contributed by atoms with van der Waals surface area (Å²) >= 11 is 1.65. The van der Waals surface area contributed by atoms with Crippen molar-refractivity contribution in [2.24, 2.45) is 0 Å². The highest BCUT2D eigenvalue weighted by atomic mass is 32.1. The average molecular weight is 276 g/mol. The number of hydrogen-bond acceptors (Lipinski definition) is 4. The van der Waals surface area contributed by atoms with Crippen LogP contribution in [0.1, 0.15) is 5.69 Å². The molecule has 0 amide bonds. The molecule has 6 heteroatoms. The number of imidazole rings is 1. The fraction of sp³-hybridized carbons (Fsp3) is 0.231. The molecular weight excluding hydrogens is 263 g/mol. The summed E-state index contributed by atoms with van der Waals surface area (Å²) < 4.78 is 15.1. The van der Waals surface area contributed by atoms with Crippen LogP contribution in [0.2, 0.25) is 0 Å². The summed E-state index contributed by atoms with van der Waals surface area (Å²) in [6.45, 7) is 1.64. The Hall–Kier alpha value is -1.95. The Balaban J connectivity index is 2.09. The van der Waals surface area contributed by atoms with E-state index in [4.69, 9.17) is 0 Å². The van der Waals surface area contributed by atoms with Crippen LogP contribution in [-0.4, -0.2) is 28.5 Å². The van der Waals surface area contributed by atoms with Gasteiger partial charge >= 0.3 is 0 Å². The molecule has 0 unspecified atom stereocenters. The maximum atomic E-state index is 13.5. The number of hydrogen-bond donors (Lipinski definition) is 0. The molecule has 0 saturated carbocycles. The molecule has 0 aliphatic rings. The molecule has 0 aliphatic carbocycles. The molecule has 0 aromatic carbocycles. The summed E-state index contributed by atoms with van der Waals surface area (Å²) in [6, 6.07) is 4.06. The third-order valence-electron chi connectivity index (χ3n) is 2.86. The molecule has 3 heterocycles. The lowest BCUT2D eigenvalue weighted by atomic mass is 10.4. The third kappa shape index (κ3) is 2.08. The first-order valence-electron chi connectivity index (χ1n) is 5.84. The van der Waals surface area contributed by atoms with Crippen LogP contribution in [0.5, 0.6) is 0 Å². The van der Waals surface area contributed by atoms with Crippen LogP contribution in [0.25, 0.3) is 16.3 Å². The Morgan fingerprint density at radius 3 is 2.68 bits per heavy atom. The highest BCUT2D eigenvalue weighted by Crippen LogP contribution is 2.32. The zero-order valence-corrected chi connectivity index (χ0v) is 11.7. The minimum atomic E-state index is -0.323. The van der Waals surface area contributed by atoms with Crippen LogP contribution < -0.4 is 4.90 Å². The number of thiophene rings is 1. The average Bonchev–Trinajstić information content (AvgIpc) is 2.95. The molecule has 0 N–H and O–H groups in total. The normalized spacial score (nSPS) is 11.2. The van der Waals surface area contributed by atoms with E-state index < -0.39 is 0 Å². The Kier molecular flexibility index (Phi) is 2.74. The van der Waals surface area contributed by atoms with Crippen LogP contribution in [0, 0.1) is 12.7 Å². The molecule has 3 aromatic rings. The Labute approximate surface area is 114 Å². The van der Waals surface area contributed by atoms with Gasteiger partial charge in [-0.15, -0.1) is 11.3 Å². The summed E-state index contributed by atoms with van der Waals surface area (Å²) in [5.74, 6) is 0.199. The molecule has 98 valence electrons. The molecule has 0 fully saturated rings. The molecule has 0 saturated heterocycles. The predicted molar refractivity (Wildman–Crippen MR) is 75.3 cm³/mol. The van der Waals surface area contributed by atoms with Gasteiger partial charge in [-0.25, -0.2) is 14.4 Å². The van der Waals surface area contributed by atoms with E-state index in [1.54, 1.807) is 28.9 Å². The maximum absolute atomic E-state index is 13.5. The van der Waals surface area contributed by atoms with Crippen molar-refractivity contribution in [2.45, 2.75) is 6.92 Å². The molecule has 3 aromatic heterocycles. The Morgan fingerprint density at radius 1 is 1.21 bits per heavy atom. The summed E-state index contributed by atoms with van der Waals surface area (Å²) in [6.07, 6.45) is 3.21. The van der Waals surface area contributed by atoms with Crippen LogP contribution in [0.15, 0.2) is 24.5 Å². The maximum Gasteiger partial charge on any atom is 0.234 e. The Bertz CT molecular complexity index is 705. The molecule has 0 radical (unpaired) electrons. The summed E-state index contributed by atoms with van der Waals surface area (Å²) in [7, 11) is 4.00. The molecule has 3 rings (SSSR count). The zero-order chi connectivity index (χ0) is 13.6. The van der Waals surface area contributed by atoms with Crippen LogP contribution in [-0.2, 0) is 0 Å². The third-order valence-corrected chi connectivity index (χ3v) is 4.14. The smallest absolute Gasteiger partial charge is 0.234 e. The predicted octanol–water partition coefficient (Wildman–Crippen LogP) is 2.97. The van der Waals surface area contributed by atoms with Crippen molar-refractivity contribution in [2.75, 3.05) is 19.0 Å². The molecule has 0 aliphatic heterocycles. The largest absolute Gasteiger partial charge is 0.370 e. The van der Waals surface area contributed by atoms with Crippen LogP contribution in [0.4, 0.5) is 9.39 Å². The lowest BCUT2D eigenvalue weighted by Gasteiger charge is -2.06. The van der Waals surface area contributed by atoms with Gasteiger partial charge in [0.25, 0.3) is 0 Å². The van der Waals surface area contributed by atoms with Gasteiger partial charge in [0.2, 0.25) is 5.78 Å². The van der Waals surface area contributed by atoms with Crippen molar-refractivity contribution in [1.82, 2.24) is 14.4 Å². The molecule has 0 bridgehead atoms. The number of anilines is 1. The van der Waals surface area contributed by atoms with Gasteiger partial charge in [0.1, 0.15) is 5.69 Å². The van der Waals surface area contributed by atoms with Crippen molar-refractivity contribution >= 4 is 22.1 Å². The number of fused-ring (bicyclic) bond motifs is 1. The molecule has 4 nitrogen and oxygen atoms in total. The standard InChI is InChI=1S/C13H13FN4S/c1-8-9(14)6-18-7-10(16-13(18)15-8)11-4-5-12(19-11)17(2)3/h4-7H,1-3H3. The van der Waals surface area contributed by atoms with Crippen molar-refractivity contribution < 1.29 is 4.39 Å². The van der Waals surface area contributed by atoms with Gasteiger partial charge in [0.05, 0.1) is 15.6 Å². The fourth-order valence-corrected chi connectivity index (χ4v) is 2.69. The van der Waals surface area contributed by atoms with E-state index in [2.05, 4.69) is 9.97 Å². The second-order valence-corrected chi connectivity index (χ2v) is 5.60. The Morgan fingerprint density at radius 2 is 2.00 bits per heavy atom. The molecule has 0 spiro atoms. The number of halogens is 1. The minimum Gasteiger partial charge on any atom is -0.370 e. The first kappa shape index (κ1) is 12.1. The number of aryl methyl sites for hydroxylation is 1. The van der Waals surface area contributed by atoms with Gasteiger partial charge in [0.15, 0.2) is 5.82 Å². The fourth-order valence-electron chi connectivity index (χ4n) is 1.80. The van der Waals surface area contributed by atoms with Gasteiger partial charge in [-0.1, -0.05) is 0 Å². The monoisotopic (exact) mass is 276 g/mol. The van der Waals surface area contributed by atoms with Gasteiger partial charge in [0, 0.05) is 26.5 Å². The van der Waals surface area contributed by atoms with E-state index in [0.717, 1.165) is 15.6 Å². The van der Waals surface area contributed by atoms with E-state index in [1.165, 1.54) is 6.20 Å². The topological polar surface area (TPSA) is 33.4 Å². The van der Waals surface area contributed by atoms with Gasteiger partial charge < -0.3 is 4.90 Å². The lowest BCUT2D eigenvalue weighted by Crippen LogP contribution is -2.05. The van der Waals surface area contributed by atoms with Crippen LogP contribution in [0.3, 0.4) is 0 Å². The van der Waals surface area contributed by atoms with Crippen molar-refractivity contribution in [3.8, 4) is 10.6 Å². The van der Waals surface area contributed by atoms with Crippen LogP contribution >= 0.6 is 11.3 Å². The van der Waals surface area contributed by atoms with Gasteiger partial charge in [-0.2, -0.15) is 0 Å². The van der Waals surface area contributed by atoms with E-state index in [0.29, 0.717) is 11.5 Å². The minimum absolute atomic E-state index is 0.323. The van der Waals surface area contributed by atoms with Gasteiger partial charge in [-0.3, -0.25) is 4.40 Å². The second kappa shape index (κ2) is 4.31. The van der Waals surface area contributed by atoms with Gasteiger partial charge in [-0.05, 0) is 19.1 Å². The second-order valence-electron chi connectivity index (χ2n) is 4.54. The van der Waals surface area contributed by atoms with E-state index in [1.807, 2.05) is 31.1 Å². The highest BCUT2D eigenvalue weighted by molar-refractivity contribution is 7.19. The number of aromatic nitrogens is 3. The number of rotatable bonds is 2. The lowest BCUT2D eigenvalue weighted by molar-refractivity contribution is 0.600. The van der Waals surface area contributed by atoms with E-state index in [-0.39, 0.29) is 5.82 Å². The summed E-state index contributed by atoms with van der Waals surface area (Å²) in [4.78, 5) is 11.7. The number of nitrogens with zero attached hydrogens (tertiary/aromatic N) is 4. The molecule has 19 heavy (non-hydrogen) atoms. The van der Waals surface area contributed by atoms with E-state index >= 15 is 0 Å². The quantitative estimate of drug-likeness (QED) is 0.721.